The Labute approximate surface area is 140 Å². The van der Waals surface area contributed by atoms with Gasteiger partial charge >= 0.3 is 0 Å². The van der Waals surface area contributed by atoms with Crippen LogP contribution in [0.15, 0.2) is 29.6 Å². The second kappa shape index (κ2) is 6.43. The lowest BCUT2D eigenvalue weighted by Gasteiger charge is -2.33. The highest BCUT2D eigenvalue weighted by atomic mass is 35.5. The molecule has 1 atom stereocenters. The molecule has 2 aromatic rings. The molecule has 1 amide bonds. The predicted molar refractivity (Wildman–Crippen MR) is 92.7 cm³/mol. The normalized spacial score (nSPS) is 17.4. The Morgan fingerprint density at radius 3 is 3.00 bits per heavy atom. The molecule has 2 nitrogen and oxygen atoms in total. The zero-order chi connectivity index (χ0) is 15.7. The van der Waals surface area contributed by atoms with Crippen LogP contribution in [0.1, 0.15) is 41.0 Å². The maximum Gasteiger partial charge on any atom is 0.223 e. The second-order valence-electron chi connectivity index (χ2n) is 5.90. The van der Waals surface area contributed by atoms with Gasteiger partial charge in [0.2, 0.25) is 5.91 Å². The number of fused-ring (bicyclic) bond motifs is 1. The van der Waals surface area contributed by atoms with Gasteiger partial charge in [-0.15, -0.1) is 11.3 Å². The summed E-state index contributed by atoms with van der Waals surface area (Å²) in [7, 11) is 0. The standard InChI is InChI=1S/C18H20ClNOS/c1-12-3-4-14(11-16(12)19)5-6-18(21)20-9-7-17-15(13(20)2)8-10-22-17/h3-4,8,10-11,13H,5-7,9H2,1-2H3/t13-/m0/s1. The number of carbonyl (C=O) groups excluding carboxylic acids is 1. The first kappa shape index (κ1) is 15.6. The van der Waals surface area contributed by atoms with Crippen molar-refractivity contribution in [1.29, 1.82) is 0 Å². The van der Waals surface area contributed by atoms with Gasteiger partial charge in [0.25, 0.3) is 0 Å². The van der Waals surface area contributed by atoms with Crippen LogP contribution in [0.5, 0.6) is 0 Å². The first-order valence-electron chi connectivity index (χ1n) is 7.67. The summed E-state index contributed by atoms with van der Waals surface area (Å²) >= 11 is 7.95. The molecule has 2 heterocycles. The van der Waals surface area contributed by atoms with Crippen LogP contribution >= 0.6 is 22.9 Å². The van der Waals surface area contributed by atoms with Gasteiger partial charge in [-0.1, -0.05) is 23.7 Å². The number of hydrogen-bond acceptors (Lipinski definition) is 2. The molecule has 4 heteroatoms. The van der Waals surface area contributed by atoms with E-state index in [2.05, 4.69) is 24.4 Å². The van der Waals surface area contributed by atoms with Gasteiger partial charge in [0.15, 0.2) is 0 Å². The lowest BCUT2D eigenvalue weighted by molar-refractivity contribution is -0.133. The van der Waals surface area contributed by atoms with E-state index in [9.17, 15) is 4.79 Å². The van der Waals surface area contributed by atoms with Gasteiger partial charge in [-0.05, 0) is 60.9 Å². The molecule has 0 fully saturated rings. The topological polar surface area (TPSA) is 20.3 Å². The van der Waals surface area contributed by atoms with Crippen molar-refractivity contribution in [2.75, 3.05) is 6.54 Å². The summed E-state index contributed by atoms with van der Waals surface area (Å²) in [6.45, 7) is 4.96. The minimum Gasteiger partial charge on any atom is -0.336 e. The Morgan fingerprint density at radius 1 is 1.41 bits per heavy atom. The SMILES string of the molecule is Cc1ccc(CCC(=O)N2CCc3sccc3[C@@H]2C)cc1Cl. The molecule has 22 heavy (non-hydrogen) atoms. The highest BCUT2D eigenvalue weighted by Crippen LogP contribution is 2.33. The molecule has 0 spiro atoms. The molecule has 0 radical (unpaired) electrons. The van der Waals surface area contributed by atoms with Crippen molar-refractivity contribution >= 4 is 28.8 Å². The van der Waals surface area contributed by atoms with E-state index in [0.717, 1.165) is 35.5 Å². The van der Waals surface area contributed by atoms with Gasteiger partial charge in [-0.2, -0.15) is 0 Å². The average molecular weight is 334 g/mol. The predicted octanol–water partition coefficient (Wildman–Crippen LogP) is 4.79. The lowest BCUT2D eigenvalue weighted by atomic mass is 10.00. The molecule has 0 unspecified atom stereocenters. The van der Waals surface area contributed by atoms with Crippen LogP contribution < -0.4 is 0 Å². The molecular weight excluding hydrogens is 314 g/mol. The molecule has 0 N–H and O–H groups in total. The Balaban J connectivity index is 1.64. The Hall–Kier alpha value is -1.32. The molecule has 0 saturated carbocycles. The largest absolute Gasteiger partial charge is 0.336 e. The van der Waals surface area contributed by atoms with Crippen molar-refractivity contribution in [2.45, 2.75) is 39.2 Å². The molecule has 1 aliphatic heterocycles. The monoisotopic (exact) mass is 333 g/mol. The van der Waals surface area contributed by atoms with Crippen molar-refractivity contribution in [2.24, 2.45) is 0 Å². The molecular formula is C18H20ClNOS. The Bertz CT molecular complexity index is 694. The molecule has 0 saturated heterocycles. The number of aryl methyl sites for hydroxylation is 2. The fourth-order valence-corrected chi connectivity index (χ4v) is 4.20. The number of halogens is 1. The Kier molecular flexibility index (Phi) is 4.55. The van der Waals surface area contributed by atoms with E-state index < -0.39 is 0 Å². The molecule has 116 valence electrons. The van der Waals surface area contributed by atoms with Crippen molar-refractivity contribution < 1.29 is 4.79 Å². The number of thiophene rings is 1. The first-order valence-corrected chi connectivity index (χ1v) is 8.93. The van der Waals surface area contributed by atoms with Crippen LogP contribution in [-0.4, -0.2) is 17.4 Å². The minimum atomic E-state index is 0.198. The molecule has 1 aliphatic rings. The van der Waals surface area contributed by atoms with E-state index in [0.29, 0.717) is 6.42 Å². The maximum atomic E-state index is 12.6. The third-order valence-corrected chi connectivity index (χ3v) is 5.87. The quantitative estimate of drug-likeness (QED) is 0.791. The van der Waals surface area contributed by atoms with Gasteiger partial charge in [0.05, 0.1) is 6.04 Å². The average Bonchev–Trinajstić information content (AvgIpc) is 2.98. The Morgan fingerprint density at radius 2 is 2.23 bits per heavy atom. The van der Waals surface area contributed by atoms with Crippen LogP contribution in [0.2, 0.25) is 5.02 Å². The number of benzene rings is 1. The van der Waals surface area contributed by atoms with Gasteiger partial charge in [0.1, 0.15) is 0 Å². The first-order chi connectivity index (χ1) is 10.6. The summed E-state index contributed by atoms with van der Waals surface area (Å²) in [4.78, 5) is 16.0. The lowest BCUT2D eigenvalue weighted by Crippen LogP contribution is -2.38. The fourth-order valence-electron chi connectivity index (χ4n) is 3.04. The molecule has 1 aromatic heterocycles. The van der Waals surface area contributed by atoms with E-state index in [4.69, 9.17) is 11.6 Å². The number of nitrogens with zero attached hydrogens (tertiary/aromatic N) is 1. The van der Waals surface area contributed by atoms with Crippen LogP contribution in [0.25, 0.3) is 0 Å². The van der Waals surface area contributed by atoms with Crippen molar-refractivity contribution in [3.63, 3.8) is 0 Å². The third-order valence-electron chi connectivity index (χ3n) is 4.46. The smallest absolute Gasteiger partial charge is 0.223 e. The minimum absolute atomic E-state index is 0.198. The summed E-state index contributed by atoms with van der Waals surface area (Å²) in [6, 6.07) is 8.41. The molecule has 1 aromatic carbocycles. The van der Waals surface area contributed by atoms with Gasteiger partial charge < -0.3 is 4.90 Å². The summed E-state index contributed by atoms with van der Waals surface area (Å²) in [5.41, 5.74) is 3.53. The third kappa shape index (κ3) is 3.06. The van der Waals surface area contributed by atoms with E-state index in [1.807, 2.05) is 24.0 Å². The van der Waals surface area contributed by atoms with Gasteiger partial charge in [-0.25, -0.2) is 0 Å². The summed E-state index contributed by atoms with van der Waals surface area (Å²) < 4.78 is 0. The van der Waals surface area contributed by atoms with E-state index >= 15 is 0 Å². The van der Waals surface area contributed by atoms with E-state index in [1.54, 1.807) is 11.3 Å². The zero-order valence-corrected chi connectivity index (χ0v) is 14.5. The van der Waals surface area contributed by atoms with Crippen molar-refractivity contribution in [3.05, 3.63) is 56.2 Å². The second-order valence-corrected chi connectivity index (χ2v) is 7.30. The van der Waals surface area contributed by atoms with Crippen LogP contribution in [0.3, 0.4) is 0 Å². The van der Waals surface area contributed by atoms with Crippen LogP contribution in [0, 0.1) is 6.92 Å². The number of hydrogen-bond donors (Lipinski definition) is 0. The summed E-state index contributed by atoms with van der Waals surface area (Å²) in [6.07, 6.45) is 2.28. The molecule has 3 rings (SSSR count). The van der Waals surface area contributed by atoms with Crippen LogP contribution in [-0.2, 0) is 17.6 Å². The van der Waals surface area contributed by atoms with Gasteiger partial charge in [-0.3, -0.25) is 4.79 Å². The summed E-state index contributed by atoms with van der Waals surface area (Å²) in [5, 5.41) is 2.91. The number of amides is 1. The maximum absolute atomic E-state index is 12.6. The van der Waals surface area contributed by atoms with Crippen molar-refractivity contribution in [3.8, 4) is 0 Å². The number of rotatable bonds is 3. The summed E-state index contributed by atoms with van der Waals surface area (Å²) in [5.74, 6) is 0.237. The van der Waals surface area contributed by atoms with Crippen LogP contribution in [0.4, 0.5) is 0 Å². The molecule has 0 bridgehead atoms. The van der Waals surface area contributed by atoms with Gasteiger partial charge in [0, 0.05) is 22.9 Å². The number of carbonyl (C=O) groups is 1. The van der Waals surface area contributed by atoms with Crippen molar-refractivity contribution in [1.82, 2.24) is 4.90 Å². The fraction of sp³-hybridized carbons (Fsp3) is 0.389. The highest BCUT2D eigenvalue weighted by molar-refractivity contribution is 7.10. The molecule has 0 aliphatic carbocycles. The van der Waals surface area contributed by atoms with E-state index in [-0.39, 0.29) is 11.9 Å². The zero-order valence-electron chi connectivity index (χ0n) is 12.9. The highest BCUT2D eigenvalue weighted by Gasteiger charge is 2.27. The van der Waals surface area contributed by atoms with E-state index in [1.165, 1.54) is 10.4 Å².